The Morgan fingerprint density at radius 2 is 2.00 bits per heavy atom. The Balaban J connectivity index is 1.71. The molecule has 0 spiro atoms. The van der Waals surface area contributed by atoms with Gasteiger partial charge in [0.1, 0.15) is 0 Å². The summed E-state index contributed by atoms with van der Waals surface area (Å²) in [6.07, 6.45) is -3.05. The smallest absolute Gasteiger partial charge is 0.337 e. The summed E-state index contributed by atoms with van der Waals surface area (Å²) in [5, 5.41) is 0. The van der Waals surface area contributed by atoms with Gasteiger partial charge in [0.15, 0.2) is 0 Å². The van der Waals surface area contributed by atoms with Crippen molar-refractivity contribution in [2.75, 3.05) is 13.1 Å². The molecule has 1 aromatic rings. The van der Waals surface area contributed by atoms with Crippen LogP contribution >= 0.6 is 0 Å². The third-order valence-corrected chi connectivity index (χ3v) is 4.79. The van der Waals surface area contributed by atoms with Crippen LogP contribution < -0.4 is 0 Å². The monoisotopic (exact) mass is 326 g/mol. The highest BCUT2D eigenvalue weighted by Gasteiger charge is 2.40. The van der Waals surface area contributed by atoms with E-state index in [9.17, 15) is 18.0 Å². The lowest BCUT2D eigenvalue weighted by atomic mass is 10.0. The Bertz CT molecular complexity index is 587. The summed E-state index contributed by atoms with van der Waals surface area (Å²) < 4.78 is 37.6. The number of piperazine rings is 1. The van der Waals surface area contributed by atoms with E-state index in [4.69, 9.17) is 0 Å². The molecule has 0 saturated carbocycles. The molecule has 0 aliphatic carbocycles. The van der Waals surface area contributed by atoms with Crippen LogP contribution in [0.4, 0.5) is 13.2 Å². The molecule has 23 heavy (non-hydrogen) atoms. The van der Waals surface area contributed by atoms with Gasteiger partial charge < -0.3 is 4.90 Å². The minimum Gasteiger partial charge on any atom is -0.337 e. The maximum Gasteiger partial charge on any atom is 0.393 e. The third kappa shape index (κ3) is 3.68. The van der Waals surface area contributed by atoms with E-state index in [-0.39, 0.29) is 23.6 Å². The van der Waals surface area contributed by atoms with Crippen LogP contribution in [0.15, 0.2) is 24.3 Å². The first kappa shape index (κ1) is 16.3. The normalized spacial score (nSPS) is 25.7. The fraction of sp³-hybridized carbons (Fsp3) is 0.588. The number of alkyl halides is 3. The molecular weight excluding hydrogens is 305 g/mol. The lowest BCUT2D eigenvalue weighted by Gasteiger charge is -2.41. The topological polar surface area (TPSA) is 23.6 Å². The Kier molecular flexibility index (Phi) is 4.36. The molecule has 0 unspecified atom stereocenters. The highest BCUT2D eigenvalue weighted by molar-refractivity contribution is 5.83. The van der Waals surface area contributed by atoms with Crippen molar-refractivity contribution in [3.63, 3.8) is 0 Å². The second-order valence-electron chi connectivity index (χ2n) is 6.55. The molecule has 2 aliphatic heterocycles. The average molecular weight is 326 g/mol. The molecule has 2 aliphatic rings. The Labute approximate surface area is 134 Å². The molecule has 2 heterocycles. The van der Waals surface area contributed by atoms with Gasteiger partial charge in [-0.15, -0.1) is 0 Å². The van der Waals surface area contributed by atoms with E-state index in [1.807, 2.05) is 17.9 Å². The van der Waals surface area contributed by atoms with Crippen molar-refractivity contribution in [2.45, 2.75) is 51.0 Å². The number of hydrogen-bond donors (Lipinski definition) is 0. The Morgan fingerprint density at radius 3 is 2.74 bits per heavy atom. The van der Waals surface area contributed by atoms with E-state index < -0.39 is 12.6 Å². The number of rotatable bonds is 3. The lowest BCUT2D eigenvalue weighted by molar-refractivity contribution is -0.143. The molecule has 6 heteroatoms. The zero-order valence-corrected chi connectivity index (χ0v) is 13.1. The minimum absolute atomic E-state index is 0.144. The molecule has 0 N–H and O–H groups in total. The maximum atomic E-state index is 12.5. The van der Waals surface area contributed by atoms with Gasteiger partial charge in [-0.1, -0.05) is 24.3 Å². The highest BCUT2D eigenvalue weighted by Crippen LogP contribution is 2.27. The van der Waals surface area contributed by atoms with Gasteiger partial charge in [0.05, 0.1) is 12.5 Å². The quantitative estimate of drug-likeness (QED) is 0.852. The van der Waals surface area contributed by atoms with Crippen molar-refractivity contribution in [1.82, 2.24) is 9.80 Å². The van der Waals surface area contributed by atoms with Gasteiger partial charge >= 0.3 is 6.18 Å². The molecule has 1 aromatic carbocycles. The predicted octanol–water partition coefficient (Wildman–Crippen LogP) is 2.99. The van der Waals surface area contributed by atoms with Crippen molar-refractivity contribution >= 4 is 5.91 Å². The van der Waals surface area contributed by atoms with E-state index in [1.54, 1.807) is 12.1 Å². The number of fused-ring (bicyclic) bond motifs is 1. The van der Waals surface area contributed by atoms with E-state index in [0.29, 0.717) is 6.54 Å². The fourth-order valence-corrected chi connectivity index (χ4v) is 3.65. The summed E-state index contributed by atoms with van der Waals surface area (Å²) in [6, 6.07) is 6.65. The van der Waals surface area contributed by atoms with E-state index in [0.717, 1.165) is 31.5 Å². The molecule has 2 saturated heterocycles. The van der Waals surface area contributed by atoms with Crippen LogP contribution in [0, 0.1) is 0 Å². The van der Waals surface area contributed by atoms with Crippen LogP contribution in [-0.4, -0.2) is 47.1 Å². The first-order chi connectivity index (χ1) is 10.8. The van der Waals surface area contributed by atoms with Gasteiger partial charge in [-0.2, -0.15) is 13.2 Å². The molecule has 0 radical (unpaired) electrons. The van der Waals surface area contributed by atoms with E-state index in [2.05, 4.69) is 4.90 Å². The SMILES string of the molecule is C[C@@H]1C(=O)N2CCC[C@@H]2CN1Cc1cccc(CC(F)(F)F)c1. The number of hydrogen-bond acceptors (Lipinski definition) is 2. The van der Waals surface area contributed by atoms with E-state index in [1.165, 1.54) is 6.07 Å². The zero-order valence-electron chi connectivity index (χ0n) is 13.1. The lowest BCUT2D eigenvalue weighted by Crippen LogP contribution is -2.58. The first-order valence-electron chi connectivity index (χ1n) is 8.02. The van der Waals surface area contributed by atoms with Crippen molar-refractivity contribution in [3.05, 3.63) is 35.4 Å². The molecule has 1 amide bonds. The summed E-state index contributed by atoms with van der Waals surface area (Å²) in [6.45, 7) is 4.04. The summed E-state index contributed by atoms with van der Waals surface area (Å²) in [5.74, 6) is 0.144. The molecule has 2 atom stereocenters. The van der Waals surface area contributed by atoms with Crippen LogP contribution in [0.25, 0.3) is 0 Å². The number of benzene rings is 1. The summed E-state index contributed by atoms with van der Waals surface area (Å²) in [7, 11) is 0. The van der Waals surface area contributed by atoms with Crippen molar-refractivity contribution < 1.29 is 18.0 Å². The van der Waals surface area contributed by atoms with Gasteiger partial charge in [0, 0.05) is 25.7 Å². The molecule has 0 aromatic heterocycles. The molecule has 2 fully saturated rings. The standard InChI is InChI=1S/C17H21F3N2O/c1-12-16(23)22-7-3-6-15(22)11-21(12)10-14-5-2-4-13(8-14)9-17(18,19)20/h2,4-5,8,12,15H,3,6-7,9-11H2,1H3/t12-,15-/m1/s1. The maximum absolute atomic E-state index is 12.5. The molecule has 0 bridgehead atoms. The van der Waals surface area contributed by atoms with Crippen LogP contribution in [-0.2, 0) is 17.8 Å². The Hall–Kier alpha value is -1.56. The van der Waals surface area contributed by atoms with Crippen LogP contribution in [0.3, 0.4) is 0 Å². The average Bonchev–Trinajstić information content (AvgIpc) is 2.91. The molecule has 126 valence electrons. The van der Waals surface area contributed by atoms with E-state index >= 15 is 0 Å². The number of halogens is 3. The van der Waals surface area contributed by atoms with Crippen LogP contribution in [0.2, 0.25) is 0 Å². The minimum atomic E-state index is -4.20. The van der Waals surface area contributed by atoms with Gasteiger partial charge in [-0.25, -0.2) is 0 Å². The predicted molar refractivity (Wildman–Crippen MR) is 80.8 cm³/mol. The first-order valence-corrected chi connectivity index (χ1v) is 8.02. The van der Waals surface area contributed by atoms with Gasteiger partial charge in [-0.3, -0.25) is 9.69 Å². The summed E-state index contributed by atoms with van der Waals surface area (Å²) in [5.41, 5.74) is 1.10. The Morgan fingerprint density at radius 1 is 1.26 bits per heavy atom. The van der Waals surface area contributed by atoms with Crippen molar-refractivity contribution in [1.29, 1.82) is 0 Å². The molecule has 3 nitrogen and oxygen atoms in total. The van der Waals surface area contributed by atoms with Gasteiger partial charge in [0.25, 0.3) is 0 Å². The van der Waals surface area contributed by atoms with Gasteiger partial charge in [0.2, 0.25) is 5.91 Å². The number of amides is 1. The van der Waals surface area contributed by atoms with Gasteiger partial charge in [-0.05, 0) is 30.9 Å². The zero-order chi connectivity index (χ0) is 16.6. The highest BCUT2D eigenvalue weighted by atomic mass is 19.4. The van der Waals surface area contributed by atoms with Crippen molar-refractivity contribution in [3.8, 4) is 0 Å². The number of carbonyl (C=O) groups excluding carboxylic acids is 1. The summed E-state index contributed by atoms with van der Waals surface area (Å²) >= 11 is 0. The summed E-state index contributed by atoms with van der Waals surface area (Å²) in [4.78, 5) is 16.4. The number of carbonyl (C=O) groups is 1. The molecule has 3 rings (SSSR count). The van der Waals surface area contributed by atoms with Crippen LogP contribution in [0.5, 0.6) is 0 Å². The second-order valence-corrected chi connectivity index (χ2v) is 6.55. The third-order valence-electron chi connectivity index (χ3n) is 4.79. The van der Waals surface area contributed by atoms with Crippen LogP contribution in [0.1, 0.15) is 30.9 Å². The number of nitrogens with zero attached hydrogens (tertiary/aromatic N) is 2. The second kappa shape index (κ2) is 6.15. The largest absolute Gasteiger partial charge is 0.393 e. The fourth-order valence-electron chi connectivity index (χ4n) is 3.65. The van der Waals surface area contributed by atoms with Crippen molar-refractivity contribution in [2.24, 2.45) is 0 Å². The molecular formula is C17H21F3N2O.